The summed E-state index contributed by atoms with van der Waals surface area (Å²) < 4.78 is 10.1. The maximum absolute atomic E-state index is 12.3. The van der Waals surface area contributed by atoms with E-state index >= 15 is 0 Å². The molecule has 1 heterocycles. The molecule has 8 nitrogen and oxygen atoms in total. The van der Waals surface area contributed by atoms with Crippen molar-refractivity contribution in [2.45, 2.75) is 32.6 Å². The molecule has 0 fully saturated rings. The highest BCUT2D eigenvalue weighted by Crippen LogP contribution is 2.26. The number of carbonyl (C=O) groups excluding carboxylic acids is 3. The number of amides is 2. The van der Waals surface area contributed by atoms with Gasteiger partial charge in [-0.2, -0.15) is 0 Å². The number of hydrogen-bond donors (Lipinski definition) is 2. The first-order chi connectivity index (χ1) is 16.7. The normalized spacial score (nSPS) is 11.0. The van der Waals surface area contributed by atoms with Gasteiger partial charge in [0.2, 0.25) is 0 Å². The van der Waals surface area contributed by atoms with E-state index in [1.165, 1.54) is 11.3 Å². The summed E-state index contributed by atoms with van der Waals surface area (Å²) in [7, 11) is 1.60. The van der Waals surface area contributed by atoms with Gasteiger partial charge in [-0.25, -0.2) is 4.98 Å². The molecule has 2 N–H and O–H groups in total. The van der Waals surface area contributed by atoms with Crippen molar-refractivity contribution >= 4 is 34.3 Å². The monoisotopic (exact) mass is 495 g/mol. The van der Waals surface area contributed by atoms with E-state index < -0.39 is 18.5 Å². The molecule has 0 saturated carbocycles. The van der Waals surface area contributed by atoms with Crippen LogP contribution in [0.15, 0.2) is 53.9 Å². The predicted molar refractivity (Wildman–Crippen MR) is 136 cm³/mol. The number of aromatic nitrogens is 1. The Morgan fingerprint density at radius 3 is 2.31 bits per heavy atom. The molecule has 0 aliphatic carbocycles. The Morgan fingerprint density at radius 1 is 1.00 bits per heavy atom. The zero-order chi connectivity index (χ0) is 25.4. The van der Waals surface area contributed by atoms with Gasteiger partial charge in [-0.3, -0.25) is 19.7 Å². The van der Waals surface area contributed by atoms with Crippen LogP contribution in [-0.2, 0) is 19.7 Å². The molecule has 0 saturated heterocycles. The van der Waals surface area contributed by atoms with Crippen LogP contribution < -0.4 is 15.4 Å². The fourth-order valence-electron chi connectivity index (χ4n) is 3.10. The van der Waals surface area contributed by atoms with Crippen molar-refractivity contribution in [3.8, 4) is 17.0 Å². The second-order valence-corrected chi connectivity index (χ2v) is 9.67. The standard InChI is InChI=1S/C26H29N3O5S/c1-26(2,3)19-9-5-18(6-10-19)24(32)27-14-13-23(31)34-15-22(30)29-25-28-21(16-35-25)17-7-11-20(33-4)12-8-17/h5-12,16H,13-15H2,1-4H3,(H,27,32)(H,28,29,30). The molecule has 2 amide bonds. The molecule has 2 aromatic carbocycles. The zero-order valence-corrected chi connectivity index (χ0v) is 21.0. The Hall–Kier alpha value is -3.72. The number of hydrogen-bond acceptors (Lipinski definition) is 7. The molecule has 0 aliphatic heterocycles. The van der Waals surface area contributed by atoms with Gasteiger partial charge in [0.25, 0.3) is 11.8 Å². The van der Waals surface area contributed by atoms with Gasteiger partial charge >= 0.3 is 5.97 Å². The average Bonchev–Trinajstić information content (AvgIpc) is 3.30. The molecule has 0 radical (unpaired) electrons. The number of carbonyl (C=O) groups is 3. The molecular weight excluding hydrogens is 466 g/mol. The maximum Gasteiger partial charge on any atom is 0.308 e. The van der Waals surface area contributed by atoms with Gasteiger partial charge in [0.05, 0.1) is 19.2 Å². The molecule has 3 rings (SSSR count). The summed E-state index contributed by atoms with van der Waals surface area (Å²) >= 11 is 1.27. The van der Waals surface area contributed by atoms with E-state index in [-0.39, 0.29) is 24.3 Å². The summed E-state index contributed by atoms with van der Waals surface area (Å²) in [5, 5.41) is 7.53. The number of anilines is 1. The molecule has 0 bridgehead atoms. The predicted octanol–water partition coefficient (Wildman–Crippen LogP) is 4.42. The van der Waals surface area contributed by atoms with Gasteiger partial charge in [-0.05, 0) is 47.4 Å². The Balaban J connectivity index is 1.38. The minimum absolute atomic E-state index is 0.00342. The van der Waals surface area contributed by atoms with E-state index in [0.29, 0.717) is 16.4 Å². The highest BCUT2D eigenvalue weighted by molar-refractivity contribution is 7.14. The van der Waals surface area contributed by atoms with Gasteiger partial charge in [0.15, 0.2) is 11.7 Å². The van der Waals surface area contributed by atoms with E-state index in [1.54, 1.807) is 19.2 Å². The Morgan fingerprint density at radius 2 is 1.69 bits per heavy atom. The van der Waals surface area contributed by atoms with Crippen molar-refractivity contribution < 1.29 is 23.9 Å². The van der Waals surface area contributed by atoms with Gasteiger partial charge < -0.3 is 14.8 Å². The lowest BCUT2D eigenvalue weighted by molar-refractivity contribution is -0.147. The number of nitrogens with zero attached hydrogens (tertiary/aromatic N) is 1. The van der Waals surface area contributed by atoms with Crippen LogP contribution in [0.3, 0.4) is 0 Å². The molecule has 0 spiro atoms. The highest BCUT2D eigenvalue weighted by Gasteiger charge is 2.15. The van der Waals surface area contributed by atoms with Crippen molar-refractivity contribution in [2.75, 3.05) is 25.6 Å². The summed E-state index contributed by atoms with van der Waals surface area (Å²) in [6, 6.07) is 14.8. The third kappa shape index (κ3) is 7.65. The molecule has 3 aromatic rings. The highest BCUT2D eigenvalue weighted by atomic mass is 32.1. The fraction of sp³-hybridized carbons (Fsp3) is 0.308. The summed E-state index contributed by atoms with van der Waals surface area (Å²) in [5.74, 6) is -0.598. The topological polar surface area (TPSA) is 107 Å². The molecule has 184 valence electrons. The van der Waals surface area contributed by atoms with Crippen molar-refractivity contribution in [3.05, 3.63) is 65.0 Å². The van der Waals surface area contributed by atoms with E-state index in [2.05, 4.69) is 36.4 Å². The van der Waals surface area contributed by atoms with Gasteiger partial charge in [0, 0.05) is 23.1 Å². The molecule has 0 unspecified atom stereocenters. The Kier molecular flexibility index (Phi) is 8.59. The van der Waals surface area contributed by atoms with Crippen LogP contribution in [-0.4, -0.2) is 43.0 Å². The van der Waals surface area contributed by atoms with Gasteiger partial charge in [-0.15, -0.1) is 11.3 Å². The van der Waals surface area contributed by atoms with Crippen molar-refractivity contribution in [1.82, 2.24) is 10.3 Å². The zero-order valence-electron chi connectivity index (χ0n) is 20.2. The number of nitrogens with one attached hydrogen (secondary N) is 2. The van der Waals surface area contributed by atoms with Crippen molar-refractivity contribution in [3.63, 3.8) is 0 Å². The second kappa shape index (κ2) is 11.6. The van der Waals surface area contributed by atoms with E-state index in [1.807, 2.05) is 41.8 Å². The van der Waals surface area contributed by atoms with E-state index in [4.69, 9.17) is 9.47 Å². The van der Waals surface area contributed by atoms with Crippen molar-refractivity contribution in [2.24, 2.45) is 0 Å². The van der Waals surface area contributed by atoms with E-state index in [9.17, 15) is 14.4 Å². The summed E-state index contributed by atoms with van der Waals surface area (Å²) in [6.07, 6.45) is -0.0437. The van der Waals surface area contributed by atoms with Crippen LogP contribution in [0.4, 0.5) is 5.13 Å². The van der Waals surface area contributed by atoms with Crippen LogP contribution >= 0.6 is 11.3 Å². The molecule has 1 aromatic heterocycles. The number of benzene rings is 2. The minimum Gasteiger partial charge on any atom is -0.497 e. The quantitative estimate of drug-likeness (QED) is 0.426. The smallest absolute Gasteiger partial charge is 0.308 e. The second-order valence-electron chi connectivity index (χ2n) is 8.81. The summed E-state index contributed by atoms with van der Waals surface area (Å²) in [5.41, 5.74) is 3.26. The van der Waals surface area contributed by atoms with Crippen LogP contribution in [0.5, 0.6) is 5.75 Å². The van der Waals surface area contributed by atoms with Crippen LogP contribution in [0.2, 0.25) is 0 Å². The number of methoxy groups -OCH3 is 1. The van der Waals surface area contributed by atoms with E-state index in [0.717, 1.165) is 16.9 Å². The maximum atomic E-state index is 12.3. The number of ether oxygens (including phenoxy) is 2. The third-order valence-corrected chi connectivity index (χ3v) is 5.89. The number of thiazole rings is 1. The average molecular weight is 496 g/mol. The van der Waals surface area contributed by atoms with Crippen molar-refractivity contribution in [1.29, 1.82) is 0 Å². The Bertz CT molecular complexity index is 1160. The molecule has 0 atom stereocenters. The first-order valence-corrected chi connectivity index (χ1v) is 12.0. The summed E-state index contributed by atoms with van der Waals surface area (Å²) in [6.45, 7) is 5.98. The molecule has 0 aliphatic rings. The molecular formula is C26H29N3O5S. The fourth-order valence-corrected chi connectivity index (χ4v) is 3.84. The van der Waals surface area contributed by atoms with Gasteiger partial charge in [-0.1, -0.05) is 32.9 Å². The molecule has 9 heteroatoms. The minimum atomic E-state index is -0.582. The summed E-state index contributed by atoms with van der Waals surface area (Å²) in [4.78, 5) is 40.7. The van der Waals surface area contributed by atoms with Crippen LogP contribution in [0, 0.1) is 0 Å². The Labute approximate surface area is 208 Å². The first-order valence-electron chi connectivity index (χ1n) is 11.1. The number of rotatable bonds is 9. The van der Waals surface area contributed by atoms with Gasteiger partial charge in [0.1, 0.15) is 5.75 Å². The first kappa shape index (κ1) is 25.9. The SMILES string of the molecule is COc1ccc(-c2csc(NC(=O)COC(=O)CCNC(=O)c3ccc(C(C)(C)C)cc3)n2)cc1. The lowest BCUT2D eigenvalue weighted by Crippen LogP contribution is -2.27. The van der Waals surface area contributed by atoms with Crippen LogP contribution in [0.1, 0.15) is 43.1 Å². The lowest BCUT2D eigenvalue weighted by atomic mass is 9.87. The lowest BCUT2D eigenvalue weighted by Gasteiger charge is -2.19. The number of esters is 1. The van der Waals surface area contributed by atoms with Crippen LogP contribution in [0.25, 0.3) is 11.3 Å². The molecule has 35 heavy (non-hydrogen) atoms. The largest absolute Gasteiger partial charge is 0.497 e. The third-order valence-electron chi connectivity index (χ3n) is 5.13.